The minimum absolute atomic E-state index is 0.170. The maximum atomic E-state index is 12.6. The van der Waals surface area contributed by atoms with E-state index >= 15 is 0 Å². The molecule has 3 aromatic rings. The number of carbonyl (C=O) groups excluding carboxylic acids is 1. The Balaban J connectivity index is 1.42. The fourth-order valence-corrected chi connectivity index (χ4v) is 4.54. The smallest absolute Gasteiger partial charge is 0.342 e. The van der Waals surface area contributed by atoms with Crippen molar-refractivity contribution in [1.29, 1.82) is 0 Å². The van der Waals surface area contributed by atoms with Crippen LogP contribution in [0.1, 0.15) is 43.1 Å². The summed E-state index contributed by atoms with van der Waals surface area (Å²) in [5.41, 5.74) is 1.72. The van der Waals surface area contributed by atoms with Crippen molar-refractivity contribution in [1.82, 2.24) is 9.88 Å². The van der Waals surface area contributed by atoms with E-state index in [0.29, 0.717) is 17.4 Å². The van der Waals surface area contributed by atoms with Crippen LogP contribution in [0.25, 0.3) is 0 Å². The average molecular weight is 490 g/mol. The van der Waals surface area contributed by atoms with E-state index in [-0.39, 0.29) is 12.1 Å². The van der Waals surface area contributed by atoms with Gasteiger partial charge in [0.2, 0.25) is 0 Å². The van der Waals surface area contributed by atoms with Gasteiger partial charge in [0, 0.05) is 31.9 Å². The highest BCUT2D eigenvalue weighted by atomic mass is 16.5. The van der Waals surface area contributed by atoms with Crippen LogP contribution in [0.15, 0.2) is 66.9 Å². The van der Waals surface area contributed by atoms with Gasteiger partial charge >= 0.3 is 5.97 Å². The zero-order valence-corrected chi connectivity index (χ0v) is 21.5. The van der Waals surface area contributed by atoms with E-state index in [0.717, 1.165) is 49.8 Å². The van der Waals surface area contributed by atoms with Gasteiger partial charge in [-0.25, -0.2) is 9.78 Å². The molecule has 1 saturated heterocycles. The fourth-order valence-electron chi connectivity index (χ4n) is 4.54. The number of rotatable bonds is 10. The Kier molecular flexibility index (Phi) is 8.44. The molecular formula is C29H35N3O4. The third-order valence-corrected chi connectivity index (χ3v) is 6.31. The largest absolute Gasteiger partial charge is 0.497 e. The summed E-state index contributed by atoms with van der Waals surface area (Å²) in [6.45, 7) is 9.31. The monoisotopic (exact) mass is 489 g/mol. The molecule has 2 aromatic carbocycles. The molecule has 0 N–H and O–H groups in total. The topological polar surface area (TPSA) is 64.1 Å². The number of methoxy groups -OCH3 is 1. The molecule has 0 bridgehead atoms. The highest BCUT2D eigenvalue weighted by molar-refractivity contribution is 5.95. The number of benzene rings is 2. The Morgan fingerprint density at radius 1 is 1.08 bits per heavy atom. The van der Waals surface area contributed by atoms with Crippen molar-refractivity contribution in [2.75, 3.05) is 31.6 Å². The number of anilines is 1. The molecule has 7 heteroatoms. The van der Waals surface area contributed by atoms with Gasteiger partial charge in [-0.15, -0.1) is 0 Å². The summed E-state index contributed by atoms with van der Waals surface area (Å²) in [6.07, 6.45) is 2.57. The van der Waals surface area contributed by atoms with Crippen LogP contribution in [0.2, 0.25) is 0 Å². The molecule has 190 valence electrons. The molecule has 1 unspecified atom stereocenters. The molecule has 0 amide bonds. The molecule has 2 heterocycles. The van der Waals surface area contributed by atoms with Crippen LogP contribution in [0.5, 0.6) is 17.2 Å². The lowest BCUT2D eigenvalue weighted by Crippen LogP contribution is -2.37. The van der Waals surface area contributed by atoms with Gasteiger partial charge in [-0.1, -0.05) is 19.1 Å². The highest BCUT2D eigenvalue weighted by Crippen LogP contribution is 2.28. The zero-order valence-electron chi connectivity index (χ0n) is 21.5. The predicted molar refractivity (Wildman–Crippen MR) is 141 cm³/mol. The second kappa shape index (κ2) is 11.9. The molecule has 36 heavy (non-hydrogen) atoms. The first kappa shape index (κ1) is 25.5. The molecule has 1 aliphatic rings. The Morgan fingerprint density at radius 2 is 1.86 bits per heavy atom. The maximum absolute atomic E-state index is 12.6. The fraction of sp³-hybridized carbons (Fsp3) is 0.379. The number of pyridine rings is 1. The van der Waals surface area contributed by atoms with Crippen molar-refractivity contribution in [2.24, 2.45) is 0 Å². The first-order valence-electron chi connectivity index (χ1n) is 12.5. The van der Waals surface area contributed by atoms with Crippen LogP contribution in [0.3, 0.4) is 0 Å². The number of nitrogens with zero attached hydrogens (tertiary/aromatic N) is 3. The molecular weight excluding hydrogens is 454 g/mol. The van der Waals surface area contributed by atoms with E-state index in [2.05, 4.69) is 33.8 Å². The van der Waals surface area contributed by atoms with Gasteiger partial charge in [-0.05, 0) is 80.9 Å². The van der Waals surface area contributed by atoms with Gasteiger partial charge in [-0.3, -0.25) is 4.90 Å². The summed E-state index contributed by atoms with van der Waals surface area (Å²) in [5, 5.41) is 0. The van der Waals surface area contributed by atoms with Crippen LogP contribution in [-0.2, 0) is 11.3 Å². The first-order chi connectivity index (χ1) is 17.5. The van der Waals surface area contributed by atoms with Crippen LogP contribution in [0.4, 0.5) is 5.82 Å². The third kappa shape index (κ3) is 6.34. The summed E-state index contributed by atoms with van der Waals surface area (Å²) in [4.78, 5) is 21.8. The SMILES string of the molecule is CCN(Cc1cccc(Oc2ccc(OC)cc2)c1)C1CCN(c2ncccc2C(=O)OC(C)C)C1. The van der Waals surface area contributed by atoms with E-state index in [1.54, 1.807) is 25.4 Å². The van der Waals surface area contributed by atoms with Crippen LogP contribution in [-0.4, -0.2) is 54.7 Å². The van der Waals surface area contributed by atoms with E-state index in [9.17, 15) is 4.79 Å². The molecule has 0 saturated carbocycles. The Morgan fingerprint density at radius 3 is 2.58 bits per heavy atom. The standard InChI is InChI=1S/C29H35N3O4/c1-5-31(19-22-8-6-9-26(18-22)36-25-13-11-24(34-4)12-14-25)23-15-17-32(20-23)28-27(10-7-16-30-28)29(33)35-21(2)3/h6-14,16,18,21,23H,5,15,17,19-20H2,1-4H3. The van der Waals surface area contributed by atoms with Gasteiger partial charge in [0.25, 0.3) is 0 Å². The lowest BCUT2D eigenvalue weighted by Gasteiger charge is -2.28. The zero-order chi connectivity index (χ0) is 25.5. The lowest BCUT2D eigenvalue weighted by molar-refractivity contribution is 0.0378. The van der Waals surface area contributed by atoms with Gasteiger partial charge in [0.15, 0.2) is 0 Å². The Bertz CT molecular complexity index is 1150. The summed E-state index contributed by atoms with van der Waals surface area (Å²) >= 11 is 0. The van der Waals surface area contributed by atoms with Crippen molar-refractivity contribution in [3.8, 4) is 17.2 Å². The third-order valence-electron chi connectivity index (χ3n) is 6.31. The van der Waals surface area contributed by atoms with Gasteiger partial charge in [-0.2, -0.15) is 0 Å². The second-order valence-corrected chi connectivity index (χ2v) is 9.21. The maximum Gasteiger partial charge on any atom is 0.342 e. The van der Waals surface area contributed by atoms with Gasteiger partial charge < -0.3 is 19.1 Å². The Hall–Kier alpha value is -3.58. The molecule has 0 radical (unpaired) electrons. The highest BCUT2D eigenvalue weighted by Gasteiger charge is 2.30. The van der Waals surface area contributed by atoms with Crippen LogP contribution >= 0.6 is 0 Å². The van der Waals surface area contributed by atoms with Gasteiger partial charge in [0.1, 0.15) is 28.6 Å². The average Bonchev–Trinajstić information content (AvgIpc) is 3.37. The summed E-state index contributed by atoms with van der Waals surface area (Å²) < 4.78 is 16.7. The molecule has 1 fully saturated rings. The molecule has 1 aliphatic heterocycles. The van der Waals surface area contributed by atoms with Crippen molar-refractivity contribution < 1.29 is 19.0 Å². The number of likely N-dealkylation sites (N-methyl/N-ethyl adjacent to an activating group) is 1. The lowest BCUT2D eigenvalue weighted by atomic mass is 10.1. The summed E-state index contributed by atoms with van der Waals surface area (Å²) in [7, 11) is 1.65. The van der Waals surface area contributed by atoms with E-state index < -0.39 is 0 Å². The number of aromatic nitrogens is 1. The molecule has 4 rings (SSSR count). The Labute approximate surface area is 213 Å². The van der Waals surface area contributed by atoms with Crippen molar-refractivity contribution >= 4 is 11.8 Å². The summed E-state index contributed by atoms with van der Waals surface area (Å²) in [5.74, 6) is 2.77. The van der Waals surface area contributed by atoms with Crippen molar-refractivity contribution in [3.63, 3.8) is 0 Å². The van der Waals surface area contributed by atoms with Crippen molar-refractivity contribution in [3.05, 3.63) is 78.0 Å². The quantitative estimate of drug-likeness (QED) is 0.346. The molecule has 0 spiro atoms. The normalized spacial score (nSPS) is 15.4. The molecule has 7 nitrogen and oxygen atoms in total. The van der Waals surface area contributed by atoms with E-state index in [1.165, 1.54) is 5.56 Å². The van der Waals surface area contributed by atoms with Crippen LogP contribution < -0.4 is 14.4 Å². The summed E-state index contributed by atoms with van der Waals surface area (Å²) in [6, 6.07) is 19.8. The predicted octanol–water partition coefficient (Wildman–Crippen LogP) is 5.55. The molecule has 1 aromatic heterocycles. The number of carbonyl (C=O) groups is 1. The second-order valence-electron chi connectivity index (χ2n) is 9.21. The number of hydrogen-bond acceptors (Lipinski definition) is 7. The van der Waals surface area contributed by atoms with Crippen molar-refractivity contribution in [2.45, 2.75) is 45.9 Å². The number of hydrogen-bond donors (Lipinski definition) is 0. The van der Waals surface area contributed by atoms with E-state index in [1.807, 2.05) is 50.2 Å². The first-order valence-corrected chi connectivity index (χ1v) is 12.5. The molecule has 1 atom stereocenters. The minimum Gasteiger partial charge on any atom is -0.497 e. The molecule has 0 aliphatic carbocycles. The van der Waals surface area contributed by atoms with Gasteiger partial charge in [0.05, 0.1) is 13.2 Å². The number of esters is 1. The van der Waals surface area contributed by atoms with E-state index in [4.69, 9.17) is 14.2 Å². The minimum atomic E-state index is -0.322. The number of ether oxygens (including phenoxy) is 3. The van der Waals surface area contributed by atoms with Crippen LogP contribution in [0, 0.1) is 0 Å².